The summed E-state index contributed by atoms with van der Waals surface area (Å²) < 4.78 is 0. The maximum Gasteiger partial charge on any atom is 0.230 e. The van der Waals surface area contributed by atoms with Gasteiger partial charge < -0.3 is 15.5 Å². The third-order valence-electron chi connectivity index (χ3n) is 4.50. The summed E-state index contributed by atoms with van der Waals surface area (Å²) >= 11 is 0. The number of rotatable bonds is 3. The van der Waals surface area contributed by atoms with Crippen molar-refractivity contribution in [2.45, 2.75) is 32.2 Å². The molecule has 1 saturated carbocycles. The van der Waals surface area contributed by atoms with Crippen molar-refractivity contribution >= 4 is 5.91 Å². The minimum atomic E-state index is -0.222. The summed E-state index contributed by atoms with van der Waals surface area (Å²) in [7, 11) is 4.17. The monoisotopic (exact) mass is 239 g/mol. The number of carbonyl (C=O) groups excluding carboxylic acids is 1. The van der Waals surface area contributed by atoms with Crippen LogP contribution in [0.25, 0.3) is 0 Å². The maximum absolute atomic E-state index is 12.5. The maximum atomic E-state index is 12.5. The van der Waals surface area contributed by atoms with E-state index in [0.29, 0.717) is 24.4 Å². The molecule has 1 saturated heterocycles. The molecule has 1 heterocycles. The van der Waals surface area contributed by atoms with Gasteiger partial charge in [0.15, 0.2) is 0 Å². The van der Waals surface area contributed by atoms with Crippen molar-refractivity contribution in [3.8, 4) is 0 Å². The summed E-state index contributed by atoms with van der Waals surface area (Å²) in [6, 6.07) is 0.520. The van der Waals surface area contributed by atoms with Crippen LogP contribution in [0.2, 0.25) is 0 Å². The van der Waals surface area contributed by atoms with Crippen molar-refractivity contribution in [2.24, 2.45) is 17.1 Å². The number of nitrogens with two attached hydrogens (primary N) is 1. The first-order valence-corrected chi connectivity index (χ1v) is 6.64. The van der Waals surface area contributed by atoms with Crippen LogP contribution < -0.4 is 5.73 Å². The molecule has 0 bridgehead atoms. The zero-order valence-corrected chi connectivity index (χ0v) is 11.3. The fourth-order valence-corrected chi connectivity index (χ4v) is 3.39. The number of nitrogens with zero attached hydrogens (tertiary/aromatic N) is 2. The van der Waals surface area contributed by atoms with E-state index in [1.54, 1.807) is 0 Å². The molecule has 4 heteroatoms. The summed E-state index contributed by atoms with van der Waals surface area (Å²) in [5, 5.41) is 0. The Hall–Kier alpha value is -0.610. The van der Waals surface area contributed by atoms with Crippen LogP contribution in [0.3, 0.4) is 0 Å². The van der Waals surface area contributed by atoms with E-state index in [-0.39, 0.29) is 5.41 Å². The molecule has 1 aliphatic heterocycles. The van der Waals surface area contributed by atoms with Gasteiger partial charge in [0.05, 0.1) is 5.41 Å². The fourth-order valence-electron chi connectivity index (χ4n) is 3.39. The van der Waals surface area contributed by atoms with Crippen LogP contribution in [-0.4, -0.2) is 55.5 Å². The molecule has 0 radical (unpaired) electrons. The van der Waals surface area contributed by atoms with Crippen LogP contribution >= 0.6 is 0 Å². The lowest BCUT2D eigenvalue weighted by Gasteiger charge is -2.46. The molecule has 1 amide bonds. The molecule has 2 rings (SSSR count). The highest BCUT2D eigenvalue weighted by atomic mass is 16.2. The molecular weight excluding hydrogens is 214 g/mol. The third-order valence-corrected chi connectivity index (χ3v) is 4.50. The van der Waals surface area contributed by atoms with Gasteiger partial charge in [-0.25, -0.2) is 0 Å². The van der Waals surface area contributed by atoms with Gasteiger partial charge in [-0.3, -0.25) is 4.79 Å². The zero-order chi connectivity index (χ0) is 12.6. The van der Waals surface area contributed by atoms with Crippen molar-refractivity contribution < 1.29 is 4.79 Å². The number of hydrogen-bond acceptors (Lipinski definition) is 3. The number of hydrogen-bond donors (Lipinski definition) is 1. The standard InChI is InChI=1S/C13H25N3O/c1-10-6-13(7-10,9-14)12(17)16-5-4-11(8-16)15(2)3/h10-11H,4-9,14H2,1-3H3. The van der Waals surface area contributed by atoms with Gasteiger partial charge in [0.1, 0.15) is 0 Å². The Bertz CT molecular complexity index is 297. The Balaban J connectivity index is 1.97. The molecule has 17 heavy (non-hydrogen) atoms. The first kappa shape index (κ1) is 12.8. The molecule has 2 N–H and O–H groups in total. The van der Waals surface area contributed by atoms with Crippen LogP contribution in [-0.2, 0) is 4.79 Å². The van der Waals surface area contributed by atoms with E-state index in [1.807, 2.05) is 4.90 Å². The Morgan fingerprint density at radius 2 is 2.12 bits per heavy atom. The van der Waals surface area contributed by atoms with E-state index in [9.17, 15) is 4.79 Å². The fraction of sp³-hybridized carbons (Fsp3) is 0.923. The Morgan fingerprint density at radius 3 is 2.53 bits per heavy atom. The molecular formula is C13H25N3O. The second-order valence-electron chi connectivity index (χ2n) is 6.16. The normalized spacial score (nSPS) is 37.4. The van der Waals surface area contributed by atoms with Gasteiger partial charge in [0, 0.05) is 25.7 Å². The van der Waals surface area contributed by atoms with Gasteiger partial charge in [-0.2, -0.15) is 0 Å². The van der Waals surface area contributed by atoms with Gasteiger partial charge in [0.25, 0.3) is 0 Å². The minimum Gasteiger partial charge on any atom is -0.341 e. The van der Waals surface area contributed by atoms with E-state index >= 15 is 0 Å². The minimum absolute atomic E-state index is 0.222. The molecule has 4 nitrogen and oxygen atoms in total. The highest BCUT2D eigenvalue weighted by molar-refractivity contribution is 5.84. The number of likely N-dealkylation sites (N-methyl/N-ethyl adjacent to an activating group) is 1. The smallest absolute Gasteiger partial charge is 0.230 e. The largest absolute Gasteiger partial charge is 0.341 e. The summed E-state index contributed by atoms with van der Waals surface area (Å²) in [5.74, 6) is 0.970. The number of likely N-dealkylation sites (tertiary alicyclic amines) is 1. The lowest BCUT2D eigenvalue weighted by Crippen LogP contribution is -2.54. The first-order valence-electron chi connectivity index (χ1n) is 6.64. The SMILES string of the molecule is CC1CC(CN)(C(=O)N2CCC(N(C)C)C2)C1. The first-order chi connectivity index (χ1) is 7.98. The van der Waals surface area contributed by atoms with Crippen LogP contribution in [0.1, 0.15) is 26.2 Å². The van der Waals surface area contributed by atoms with Crippen LogP contribution in [0.15, 0.2) is 0 Å². The second kappa shape index (κ2) is 4.58. The molecule has 1 aliphatic carbocycles. The molecule has 0 aromatic heterocycles. The molecule has 0 aromatic carbocycles. The summed E-state index contributed by atoms with van der Waals surface area (Å²) in [6.45, 7) is 4.49. The van der Waals surface area contributed by atoms with Gasteiger partial charge in [0.2, 0.25) is 5.91 Å². The quantitative estimate of drug-likeness (QED) is 0.781. The predicted octanol–water partition coefficient (Wildman–Crippen LogP) is 0.524. The summed E-state index contributed by atoms with van der Waals surface area (Å²) in [6.07, 6.45) is 3.05. The second-order valence-corrected chi connectivity index (χ2v) is 6.16. The van der Waals surface area contributed by atoms with Crippen molar-refractivity contribution in [3.05, 3.63) is 0 Å². The topological polar surface area (TPSA) is 49.6 Å². The lowest BCUT2D eigenvalue weighted by molar-refractivity contribution is -0.148. The molecule has 0 aromatic rings. The van der Waals surface area contributed by atoms with Crippen molar-refractivity contribution in [1.29, 1.82) is 0 Å². The third kappa shape index (κ3) is 2.20. The molecule has 0 spiro atoms. The van der Waals surface area contributed by atoms with Crippen molar-refractivity contribution in [2.75, 3.05) is 33.7 Å². The summed E-state index contributed by atoms with van der Waals surface area (Å²) in [4.78, 5) is 16.8. The van der Waals surface area contributed by atoms with E-state index in [0.717, 1.165) is 32.4 Å². The van der Waals surface area contributed by atoms with Crippen LogP contribution in [0.5, 0.6) is 0 Å². The number of amides is 1. The Labute approximate surface area is 104 Å². The molecule has 2 fully saturated rings. The van der Waals surface area contributed by atoms with E-state index in [1.165, 1.54) is 0 Å². The summed E-state index contributed by atoms with van der Waals surface area (Å²) in [5.41, 5.74) is 5.61. The molecule has 1 unspecified atom stereocenters. The average Bonchev–Trinajstić information content (AvgIpc) is 2.72. The highest BCUT2D eigenvalue weighted by Gasteiger charge is 2.49. The van der Waals surface area contributed by atoms with E-state index < -0.39 is 0 Å². The lowest BCUT2D eigenvalue weighted by atomic mass is 9.62. The van der Waals surface area contributed by atoms with Crippen molar-refractivity contribution in [1.82, 2.24) is 9.80 Å². The highest BCUT2D eigenvalue weighted by Crippen LogP contribution is 2.46. The Kier molecular flexibility index (Phi) is 3.46. The molecule has 2 aliphatic rings. The van der Waals surface area contributed by atoms with Gasteiger partial charge in [-0.1, -0.05) is 6.92 Å². The number of carbonyl (C=O) groups is 1. The van der Waals surface area contributed by atoms with Crippen LogP contribution in [0, 0.1) is 11.3 Å². The van der Waals surface area contributed by atoms with Gasteiger partial charge in [-0.15, -0.1) is 0 Å². The zero-order valence-electron chi connectivity index (χ0n) is 11.3. The average molecular weight is 239 g/mol. The van der Waals surface area contributed by atoms with Crippen LogP contribution in [0.4, 0.5) is 0 Å². The Morgan fingerprint density at radius 1 is 1.47 bits per heavy atom. The van der Waals surface area contributed by atoms with Gasteiger partial charge in [-0.05, 0) is 39.3 Å². The molecule has 98 valence electrons. The predicted molar refractivity (Wildman–Crippen MR) is 68.6 cm³/mol. The van der Waals surface area contributed by atoms with E-state index in [2.05, 4.69) is 25.9 Å². The van der Waals surface area contributed by atoms with Crippen molar-refractivity contribution in [3.63, 3.8) is 0 Å². The van der Waals surface area contributed by atoms with E-state index in [4.69, 9.17) is 5.73 Å². The van der Waals surface area contributed by atoms with Gasteiger partial charge >= 0.3 is 0 Å². The molecule has 1 atom stereocenters.